The second kappa shape index (κ2) is 24.1. The number of rotatable bonds is 32. The maximum atomic E-state index is 2.60. The SMILES string of the molecule is CCCCCCCCP(CCCC)(CCCC)(CCCC)P(CCCC)(CCCC)(CCCC)CC(CC)CCCC. The molecule has 0 radical (unpaired) electrons. The molecule has 0 saturated heterocycles. The molecule has 0 aromatic heterocycles. The number of hydrogen-bond acceptors (Lipinski definition) is 0. The molecule has 0 heterocycles. The minimum absolute atomic E-state index is 0.990. The summed E-state index contributed by atoms with van der Waals surface area (Å²) in [6.45, 7) is 22.6. The van der Waals surface area contributed by atoms with Crippen LogP contribution in [0.3, 0.4) is 0 Å². The molecule has 42 heavy (non-hydrogen) atoms. The first-order valence-electron chi connectivity index (χ1n) is 20.3. The zero-order valence-corrected chi connectivity index (χ0v) is 33.5. The van der Waals surface area contributed by atoms with Gasteiger partial charge in [-0.25, -0.2) is 0 Å². The molecule has 0 bridgehead atoms. The van der Waals surface area contributed by atoms with Crippen molar-refractivity contribution in [2.24, 2.45) is 5.92 Å². The van der Waals surface area contributed by atoms with Gasteiger partial charge in [-0.2, -0.15) is 0 Å². The first-order valence-corrected chi connectivity index (χ1v) is 27.0. The first-order chi connectivity index (χ1) is 20.3. The molecule has 0 rings (SSSR count). The van der Waals surface area contributed by atoms with E-state index in [2.05, 4.69) is 62.3 Å². The Hall–Kier alpha value is 0.860. The summed E-state index contributed by atoms with van der Waals surface area (Å²) >= 11 is 0. The van der Waals surface area contributed by atoms with Gasteiger partial charge in [0, 0.05) is 0 Å². The molecule has 258 valence electrons. The van der Waals surface area contributed by atoms with Crippen LogP contribution in [0, 0.1) is 5.92 Å². The van der Waals surface area contributed by atoms with Crippen molar-refractivity contribution in [1.29, 1.82) is 0 Å². The molecule has 0 aromatic carbocycles. The summed E-state index contributed by atoms with van der Waals surface area (Å²) in [6, 6.07) is 0. The Morgan fingerprint density at radius 1 is 0.310 bits per heavy atom. The molecule has 0 aromatic rings. The van der Waals surface area contributed by atoms with Crippen molar-refractivity contribution in [3.8, 4) is 0 Å². The van der Waals surface area contributed by atoms with Crippen LogP contribution in [0.4, 0.5) is 0 Å². The summed E-state index contributed by atoms with van der Waals surface area (Å²) in [5, 5.41) is 0. The van der Waals surface area contributed by atoms with Crippen LogP contribution in [0.5, 0.6) is 0 Å². The van der Waals surface area contributed by atoms with Crippen molar-refractivity contribution in [2.75, 3.05) is 49.3 Å². The van der Waals surface area contributed by atoms with Gasteiger partial charge in [0.05, 0.1) is 0 Å². The van der Waals surface area contributed by atoms with Gasteiger partial charge in [-0.1, -0.05) is 0 Å². The third kappa shape index (κ3) is 11.6. The van der Waals surface area contributed by atoms with Gasteiger partial charge in [0.25, 0.3) is 0 Å². The average molecular weight is 631 g/mol. The fourth-order valence-corrected chi connectivity index (χ4v) is 43.2. The zero-order chi connectivity index (χ0) is 31.7. The quantitative estimate of drug-likeness (QED) is 0.0512. The van der Waals surface area contributed by atoms with Gasteiger partial charge < -0.3 is 0 Å². The van der Waals surface area contributed by atoms with E-state index in [1.807, 2.05) is 0 Å². The zero-order valence-electron chi connectivity index (χ0n) is 31.7. The summed E-state index contributed by atoms with van der Waals surface area (Å²) in [5.41, 5.74) is 0. The van der Waals surface area contributed by atoms with Crippen molar-refractivity contribution < 1.29 is 0 Å². The molecule has 0 aliphatic carbocycles. The summed E-state index contributed by atoms with van der Waals surface area (Å²) in [5.74, 6) is 0.990. The molecule has 0 amide bonds. The van der Waals surface area contributed by atoms with Crippen LogP contribution in [-0.4, -0.2) is 49.3 Å². The number of unbranched alkanes of at least 4 members (excludes halogenated alkanes) is 12. The van der Waals surface area contributed by atoms with Crippen molar-refractivity contribution in [1.82, 2.24) is 0 Å². The predicted octanol–water partition coefficient (Wildman–Crippen LogP) is 15.4. The summed E-state index contributed by atoms with van der Waals surface area (Å²) < 4.78 is 0. The fraction of sp³-hybridized carbons (Fsp3) is 1.00. The Morgan fingerprint density at radius 2 is 0.619 bits per heavy atom. The van der Waals surface area contributed by atoms with E-state index in [-0.39, 0.29) is 0 Å². The van der Waals surface area contributed by atoms with Crippen molar-refractivity contribution in [2.45, 2.75) is 204 Å². The molecule has 0 aliphatic rings. The van der Waals surface area contributed by atoms with Crippen LogP contribution in [0.15, 0.2) is 0 Å². The number of hydrogen-bond donors (Lipinski definition) is 0. The standard InChI is InChI=1S/C40H88P2/c1-10-19-27-28-29-30-38-41(32-21-12-3,33-22-13-4,34-23-14-5)42(35-24-15-6,36-25-16-7,37-26-17-8)39-40(18-9)31-20-11-2/h40H,10-39H2,1-9H3. The van der Waals surface area contributed by atoms with Gasteiger partial charge in [0.2, 0.25) is 0 Å². The van der Waals surface area contributed by atoms with Crippen LogP contribution < -0.4 is 0 Å². The summed E-state index contributed by atoms with van der Waals surface area (Å²) in [7, 11) is 0. The molecule has 0 saturated carbocycles. The van der Waals surface area contributed by atoms with Crippen molar-refractivity contribution in [3.05, 3.63) is 0 Å². The molecule has 0 nitrogen and oxygen atoms in total. The molecule has 0 N–H and O–H groups in total. The van der Waals surface area contributed by atoms with Crippen LogP contribution in [0.25, 0.3) is 0 Å². The second-order valence-corrected chi connectivity index (χ2v) is 33.3. The van der Waals surface area contributed by atoms with Crippen LogP contribution in [-0.2, 0) is 0 Å². The van der Waals surface area contributed by atoms with Crippen LogP contribution in [0.1, 0.15) is 204 Å². The van der Waals surface area contributed by atoms with E-state index in [4.69, 9.17) is 0 Å². The normalized spacial score (nSPS) is 15.3. The van der Waals surface area contributed by atoms with Crippen molar-refractivity contribution >= 4 is 12.6 Å². The van der Waals surface area contributed by atoms with E-state index in [0.717, 1.165) is 5.92 Å². The van der Waals surface area contributed by atoms with E-state index < -0.39 is 12.6 Å². The van der Waals surface area contributed by atoms with Gasteiger partial charge >= 0.3 is 271 Å². The Kier molecular flexibility index (Phi) is 24.6. The summed E-state index contributed by atoms with van der Waals surface area (Å²) in [4.78, 5) is 0. The van der Waals surface area contributed by atoms with Gasteiger partial charge in [-0.3, -0.25) is 0 Å². The van der Waals surface area contributed by atoms with Crippen molar-refractivity contribution in [3.63, 3.8) is 0 Å². The third-order valence-electron chi connectivity index (χ3n) is 12.5. The fourth-order valence-electron chi connectivity index (χ4n) is 9.76. The molecule has 1 atom stereocenters. The Morgan fingerprint density at radius 3 is 0.976 bits per heavy atom. The first kappa shape index (κ1) is 42.9. The van der Waals surface area contributed by atoms with Crippen LogP contribution in [0.2, 0.25) is 0 Å². The third-order valence-corrected chi connectivity index (χ3v) is 41.7. The summed E-state index contributed by atoms with van der Waals surface area (Å²) in [6.07, 6.45) is 42.0. The maximum absolute atomic E-state index is 2.60. The predicted molar refractivity (Wildman–Crippen MR) is 209 cm³/mol. The van der Waals surface area contributed by atoms with E-state index in [1.54, 1.807) is 55.7 Å². The van der Waals surface area contributed by atoms with E-state index >= 15 is 0 Å². The Labute approximate surface area is 270 Å². The van der Waals surface area contributed by atoms with Gasteiger partial charge in [-0.15, -0.1) is 0 Å². The molecule has 2 heteroatoms. The molecule has 1 unspecified atom stereocenters. The minimum atomic E-state index is -2.07. The van der Waals surface area contributed by atoms with Crippen LogP contribution >= 0.6 is 12.6 Å². The second-order valence-electron chi connectivity index (χ2n) is 15.4. The molecule has 0 fully saturated rings. The van der Waals surface area contributed by atoms with E-state index in [9.17, 15) is 0 Å². The molecular formula is C40H88P2. The monoisotopic (exact) mass is 631 g/mol. The van der Waals surface area contributed by atoms with Gasteiger partial charge in [-0.05, 0) is 0 Å². The Bertz CT molecular complexity index is 562. The van der Waals surface area contributed by atoms with E-state index in [1.165, 1.54) is 135 Å². The van der Waals surface area contributed by atoms with Gasteiger partial charge in [0.15, 0.2) is 0 Å². The van der Waals surface area contributed by atoms with Gasteiger partial charge in [0.1, 0.15) is 0 Å². The molecule has 0 aliphatic heterocycles. The molecule has 0 spiro atoms. The topological polar surface area (TPSA) is 0 Å². The average Bonchev–Trinajstić information content (AvgIpc) is 3.02. The Balaban J connectivity index is 7.82. The van der Waals surface area contributed by atoms with E-state index in [0.29, 0.717) is 0 Å². The molecular weight excluding hydrogens is 542 g/mol.